The van der Waals surface area contributed by atoms with Crippen molar-refractivity contribution in [1.82, 2.24) is 5.32 Å². The lowest BCUT2D eigenvalue weighted by Gasteiger charge is -2.19. The van der Waals surface area contributed by atoms with Gasteiger partial charge in [0.15, 0.2) is 0 Å². The minimum Gasteiger partial charge on any atom is -0.366 e. The zero-order valence-corrected chi connectivity index (χ0v) is 13.2. The molecule has 0 aliphatic carbocycles. The van der Waals surface area contributed by atoms with Crippen LogP contribution in [0, 0.1) is 0 Å². The van der Waals surface area contributed by atoms with Crippen molar-refractivity contribution in [3.8, 4) is 0 Å². The van der Waals surface area contributed by atoms with E-state index >= 15 is 0 Å². The highest BCUT2D eigenvalue weighted by molar-refractivity contribution is 5.91. The molecule has 0 unspecified atom stereocenters. The fraction of sp³-hybridized carbons (Fsp3) is 0.500. The van der Waals surface area contributed by atoms with Crippen LogP contribution in [0.25, 0.3) is 0 Å². The van der Waals surface area contributed by atoms with Gasteiger partial charge >= 0.3 is 0 Å². The Kier molecular flexibility index (Phi) is 6.37. The molecular weight excluding hydrogens is 268 g/mol. The Morgan fingerprint density at radius 2 is 1.71 bits per heavy atom. The fourth-order valence-electron chi connectivity index (χ4n) is 1.63. The van der Waals surface area contributed by atoms with E-state index in [4.69, 9.17) is 4.74 Å². The van der Waals surface area contributed by atoms with Crippen LogP contribution < -0.4 is 10.6 Å². The van der Waals surface area contributed by atoms with Crippen molar-refractivity contribution in [2.24, 2.45) is 0 Å². The quantitative estimate of drug-likeness (QED) is 0.844. The summed E-state index contributed by atoms with van der Waals surface area (Å²) >= 11 is 0. The lowest BCUT2D eigenvalue weighted by molar-refractivity contribution is -0.125. The molecule has 0 heterocycles. The molecule has 0 fully saturated rings. The predicted octanol–water partition coefficient (Wildman–Crippen LogP) is 2.12. The summed E-state index contributed by atoms with van der Waals surface area (Å²) in [5, 5.41) is 5.50. The number of benzene rings is 1. The summed E-state index contributed by atoms with van der Waals surface area (Å²) in [5.41, 5.74) is 1.26. The highest BCUT2D eigenvalue weighted by Crippen LogP contribution is 2.11. The third-order valence-corrected chi connectivity index (χ3v) is 2.61. The van der Waals surface area contributed by atoms with Crippen LogP contribution in [0.2, 0.25) is 0 Å². The van der Waals surface area contributed by atoms with Gasteiger partial charge in [-0.1, -0.05) is 12.1 Å². The smallest absolute Gasteiger partial charge is 0.250 e. The van der Waals surface area contributed by atoms with Gasteiger partial charge in [0.2, 0.25) is 11.8 Å². The summed E-state index contributed by atoms with van der Waals surface area (Å²) in [6, 6.07) is 7.22. The Bertz CT molecular complexity index is 475. The van der Waals surface area contributed by atoms with Crippen molar-refractivity contribution in [1.29, 1.82) is 0 Å². The second-order valence-corrected chi connectivity index (χ2v) is 5.78. The zero-order chi connectivity index (χ0) is 15.9. The van der Waals surface area contributed by atoms with Crippen LogP contribution in [0.5, 0.6) is 0 Å². The molecule has 116 valence electrons. The summed E-state index contributed by atoms with van der Waals surface area (Å²) in [7, 11) is 0. The first kappa shape index (κ1) is 17.2. The largest absolute Gasteiger partial charge is 0.366 e. The van der Waals surface area contributed by atoms with Gasteiger partial charge in [0.25, 0.3) is 0 Å². The van der Waals surface area contributed by atoms with E-state index in [-0.39, 0.29) is 24.0 Å². The molecule has 5 heteroatoms. The Morgan fingerprint density at radius 3 is 2.24 bits per heavy atom. The van der Waals surface area contributed by atoms with E-state index in [1.807, 2.05) is 39.8 Å². The first-order valence-corrected chi connectivity index (χ1v) is 7.09. The van der Waals surface area contributed by atoms with Gasteiger partial charge < -0.3 is 15.4 Å². The minimum atomic E-state index is -0.339. The van der Waals surface area contributed by atoms with Crippen LogP contribution in [-0.4, -0.2) is 30.6 Å². The number of hydrogen-bond donors (Lipinski definition) is 2. The summed E-state index contributed by atoms with van der Waals surface area (Å²) in [5.74, 6) is -0.200. The number of likely N-dealkylation sites (N-methyl/N-ethyl adjacent to an activating group) is 1. The van der Waals surface area contributed by atoms with Gasteiger partial charge in [-0.25, -0.2) is 0 Å². The molecule has 0 saturated carbocycles. The van der Waals surface area contributed by atoms with E-state index in [9.17, 15) is 9.59 Å². The Morgan fingerprint density at radius 1 is 1.10 bits per heavy atom. The number of rotatable bonds is 6. The lowest BCUT2D eigenvalue weighted by Crippen LogP contribution is -2.27. The molecule has 1 rings (SSSR count). The van der Waals surface area contributed by atoms with Crippen LogP contribution in [0.3, 0.4) is 0 Å². The maximum Gasteiger partial charge on any atom is 0.250 e. The van der Waals surface area contributed by atoms with Gasteiger partial charge in [0.1, 0.15) is 6.61 Å². The molecule has 0 radical (unpaired) electrons. The molecule has 2 amide bonds. The van der Waals surface area contributed by atoms with Crippen molar-refractivity contribution in [2.75, 3.05) is 18.5 Å². The first-order valence-electron chi connectivity index (χ1n) is 7.09. The second kappa shape index (κ2) is 7.78. The van der Waals surface area contributed by atoms with Crippen molar-refractivity contribution >= 4 is 17.5 Å². The molecule has 2 N–H and O–H groups in total. The van der Waals surface area contributed by atoms with Gasteiger partial charge in [-0.15, -0.1) is 0 Å². The molecular formula is C16H24N2O3. The average Bonchev–Trinajstić information content (AvgIpc) is 2.38. The minimum absolute atomic E-state index is 0.00661. The predicted molar refractivity (Wildman–Crippen MR) is 83.2 cm³/mol. The monoisotopic (exact) mass is 292 g/mol. The van der Waals surface area contributed by atoms with Crippen molar-refractivity contribution in [3.05, 3.63) is 29.8 Å². The van der Waals surface area contributed by atoms with Crippen molar-refractivity contribution in [3.63, 3.8) is 0 Å². The first-order chi connectivity index (χ1) is 9.80. The highest BCUT2D eigenvalue weighted by atomic mass is 16.5. The third-order valence-electron chi connectivity index (χ3n) is 2.61. The number of carbonyl (C=O) groups excluding carboxylic acids is 2. The van der Waals surface area contributed by atoms with Gasteiger partial charge in [-0.3, -0.25) is 9.59 Å². The van der Waals surface area contributed by atoms with Crippen LogP contribution in [0.1, 0.15) is 33.3 Å². The maximum absolute atomic E-state index is 11.7. The standard InChI is InChI=1S/C16H24N2O3/c1-5-17-14(19)10-12-6-8-13(9-7-12)18-15(20)11-21-16(2,3)4/h6-9H,5,10-11H2,1-4H3,(H,17,19)(H,18,20). The van der Waals surface area contributed by atoms with Crippen LogP contribution >= 0.6 is 0 Å². The Hall–Kier alpha value is -1.88. The van der Waals surface area contributed by atoms with E-state index < -0.39 is 0 Å². The molecule has 1 aromatic rings. The highest BCUT2D eigenvalue weighted by Gasteiger charge is 2.13. The number of anilines is 1. The van der Waals surface area contributed by atoms with E-state index in [0.717, 1.165) is 5.56 Å². The van der Waals surface area contributed by atoms with Crippen molar-refractivity contribution < 1.29 is 14.3 Å². The Balaban J connectivity index is 2.47. The molecule has 1 aromatic carbocycles. The second-order valence-electron chi connectivity index (χ2n) is 5.78. The van der Waals surface area contributed by atoms with E-state index in [1.54, 1.807) is 12.1 Å². The van der Waals surface area contributed by atoms with Gasteiger partial charge in [-0.05, 0) is 45.4 Å². The maximum atomic E-state index is 11.7. The molecule has 0 bridgehead atoms. The lowest BCUT2D eigenvalue weighted by atomic mass is 10.1. The summed E-state index contributed by atoms with van der Waals surface area (Å²) in [6.07, 6.45) is 0.342. The van der Waals surface area contributed by atoms with E-state index in [1.165, 1.54) is 0 Å². The Labute approximate surface area is 126 Å². The number of amides is 2. The fourth-order valence-corrected chi connectivity index (χ4v) is 1.63. The van der Waals surface area contributed by atoms with E-state index in [2.05, 4.69) is 10.6 Å². The summed E-state index contributed by atoms with van der Waals surface area (Å²) < 4.78 is 5.40. The molecule has 21 heavy (non-hydrogen) atoms. The molecule has 0 aliphatic rings. The number of nitrogens with one attached hydrogen (secondary N) is 2. The van der Waals surface area contributed by atoms with E-state index in [0.29, 0.717) is 18.7 Å². The van der Waals surface area contributed by atoms with Crippen molar-refractivity contribution in [2.45, 2.75) is 39.7 Å². The van der Waals surface area contributed by atoms with Gasteiger partial charge in [-0.2, -0.15) is 0 Å². The summed E-state index contributed by atoms with van der Waals surface area (Å²) in [4.78, 5) is 23.2. The van der Waals surface area contributed by atoms with Crippen LogP contribution in [0.4, 0.5) is 5.69 Å². The van der Waals surface area contributed by atoms with Crippen LogP contribution in [-0.2, 0) is 20.7 Å². The zero-order valence-electron chi connectivity index (χ0n) is 13.2. The molecule has 0 atom stereocenters. The van der Waals surface area contributed by atoms with Gasteiger partial charge in [0.05, 0.1) is 12.0 Å². The topological polar surface area (TPSA) is 67.4 Å². The normalized spacial score (nSPS) is 11.0. The number of carbonyl (C=O) groups is 2. The number of ether oxygens (including phenoxy) is 1. The van der Waals surface area contributed by atoms with Gasteiger partial charge in [0, 0.05) is 12.2 Å². The van der Waals surface area contributed by atoms with Crippen LogP contribution in [0.15, 0.2) is 24.3 Å². The molecule has 5 nitrogen and oxygen atoms in total. The average molecular weight is 292 g/mol. The molecule has 0 aliphatic heterocycles. The molecule has 0 spiro atoms. The molecule has 0 aromatic heterocycles. The third kappa shape index (κ3) is 7.46. The molecule has 0 saturated heterocycles. The SMILES string of the molecule is CCNC(=O)Cc1ccc(NC(=O)COC(C)(C)C)cc1. The summed E-state index contributed by atoms with van der Waals surface area (Å²) in [6.45, 7) is 8.23. The number of hydrogen-bond acceptors (Lipinski definition) is 3.